The summed E-state index contributed by atoms with van der Waals surface area (Å²) in [7, 11) is 4.14. The zero-order chi connectivity index (χ0) is 12.9. The summed E-state index contributed by atoms with van der Waals surface area (Å²) in [5, 5.41) is 20.1. The molecule has 0 saturated carbocycles. The van der Waals surface area contributed by atoms with Crippen LogP contribution >= 0.6 is 0 Å². The maximum absolute atomic E-state index is 8.76. The van der Waals surface area contributed by atoms with E-state index in [0.29, 0.717) is 13.1 Å². The Kier molecular flexibility index (Phi) is 5.04. The fourth-order valence-corrected chi connectivity index (χ4v) is 1.29. The molecule has 0 aliphatic carbocycles. The molecule has 0 amide bonds. The molecular formula is C11H23N5O. The van der Waals surface area contributed by atoms with Crippen molar-refractivity contribution in [3.05, 3.63) is 11.9 Å². The molecule has 2 N–H and O–H groups in total. The smallest absolute Gasteiger partial charge is 0.0964 e. The quantitative estimate of drug-likeness (QED) is 0.686. The van der Waals surface area contributed by atoms with E-state index in [2.05, 4.69) is 48.5 Å². The highest BCUT2D eigenvalue weighted by molar-refractivity contribution is 4.92. The lowest BCUT2D eigenvalue weighted by molar-refractivity contribution is 0.189. The van der Waals surface area contributed by atoms with Gasteiger partial charge in [-0.1, -0.05) is 5.21 Å². The first-order valence-corrected chi connectivity index (χ1v) is 5.84. The van der Waals surface area contributed by atoms with Crippen LogP contribution in [0.15, 0.2) is 6.20 Å². The van der Waals surface area contributed by atoms with Gasteiger partial charge in [0, 0.05) is 24.8 Å². The van der Waals surface area contributed by atoms with E-state index in [9.17, 15) is 0 Å². The molecule has 6 nitrogen and oxygen atoms in total. The molecule has 0 aliphatic rings. The summed E-state index contributed by atoms with van der Waals surface area (Å²) in [5.41, 5.74) is 1.01. The van der Waals surface area contributed by atoms with E-state index in [4.69, 9.17) is 5.11 Å². The third-order valence-corrected chi connectivity index (χ3v) is 2.99. The molecule has 0 spiro atoms. The molecule has 17 heavy (non-hydrogen) atoms. The Balaban J connectivity index is 2.35. The van der Waals surface area contributed by atoms with Crippen LogP contribution < -0.4 is 5.32 Å². The largest absolute Gasteiger partial charge is 0.394 e. The maximum atomic E-state index is 8.76. The Morgan fingerprint density at radius 1 is 1.47 bits per heavy atom. The van der Waals surface area contributed by atoms with E-state index in [1.165, 1.54) is 0 Å². The minimum absolute atomic E-state index is 0.0872. The van der Waals surface area contributed by atoms with Gasteiger partial charge in [0.25, 0.3) is 0 Å². The van der Waals surface area contributed by atoms with Gasteiger partial charge in [0.2, 0.25) is 0 Å². The van der Waals surface area contributed by atoms with Crippen LogP contribution in [0.4, 0.5) is 0 Å². The van der Waals surface area contributed by atoms with Crippen LogP contribution in [0.1, 0.15) is 19.5 Å². The maximum Gasteiger partial charge on any atom is 0.0964 e. The summed E-state index contributed by atoms with van der Waals surface area (Å²) in [4.78, 5) is 2.18. The number of nitrogens with zero attached hydrogens (tertiary/aromatic N) is 4. The number of aliphatic hydroxyl groups is 1. The Hall–Kier alpha value is -0.980. The van der Waals surface area contributed by atoms with Crippen LogP contribution in [0.25, 0.3) is 0 Å². The number of aromatic nitrogens is 3. The van der Waals surface area contributed by atoms with Gasteiger partial charge >= 0.3 is 0 Å². The van der Waals surface area contributed by atoms with Crippen molar-refractivity contribution in [3.8, 4) is 0 Å². The predicted octanol–water partition coefficient (Wildman–Crippen LogP) is -0.300. The second-order valence-corrected chi connectivity index (χ2v) is 5.01. The molecule has 1 aromatic heterocycles. The lowest BCUT2D eigenvalue weighted by Crippen LogP contribution is -2.46. The first kappa shape index (κ1) is 14.1. The van der Waals surface area contributed by atoms with E-state index < -0.39 is 0 Å². The van der Waals surface area contributed by atoms with E-state index in [1.54, 1.807) is 4.68 Å². The third kappa shape index (κ3) is 4.41. The van der Waals surface area contributed by atoms with Crippen molar-refractivity contribution in [3.63, 3.8) is 0 Å². The molecule has 0 aromatic carbocycles. The predicted molar refractivity (Wildman–Crippen MR) is 66.6 cm³/mol. The first-order chi connectivity index (χ1) is 7.95. The first-order valence-electron chi connectivity index (χ1n) is 5.84. The van der Waals surface area contributed by atoms with E-state index in [-0.39, 0.29) is 12.1 Å². The molecule has 0 bridgehead atoms. The number of nitrogens with one attached hydrogen (secondary N) is 1. The van der Waals surface area contributed by atoms with Gasteiger partial charge in [-0.3, -0.25) is 0 Å². The average Bonchev–Trinajstić information content (AvgIpc) is 2.66. The van der Waals surface area contributed by atoms with Crippen molar-refractivity contribution in [2.24, 2.45) is 0 Å². The standard InChI is InChI=1S/C11H23N5O/c1-11(2,15(3)4)9-12-7-10-8-16(5-6-17)14-13-10/h8,12,17H,5-7,9H2,1-4H3. The van der Waals surface area contributed by atoms with Gasteiger partial charge in [0.15, 0.2) is 0 Å². The van der Waals surface area contributed by atoms with Gasteiger partial charge in [-0.25, -0.2) is 4.68 Å². The van der Waals surface area contributed by atoms with Crippen molar-refractivity contribution in [2.45, 2.75) is 32.5 Å². The summed E-state index contributed by atoms with van der Waals surface area (Å²) in [6.07, 6.45) is 1.85. The van der Waals surface area contributed by atoms with Crippen LogP contribution in [-0.2, 0) is 13.1 Å². The van der Waals surface area contributed by atoms with Gasteiger partial charge in [-0.2, -0.15) is 0 Å². The van der Waals surface area contributed by atoms with Crippen LogP contribution in [0.5, 0.6) is 0 Å². The molecule has 0 saturated heterocycles. The van der Waals surface area contributed by atoms with Crippen molar-refractivity contribution in [1.82, 2.24) is 25.2 Å². The second kappa shape index (κ2) is 6.09. The van der Waals surface area contributed by atoms with Crippen LogP contribution in [0.3, 0.4) is 0 Å². The van der Waals surface area contributed by atoms with Crippen molar-refractivity contribution in [1.29, 1.82) is 0 Å². The third-order valence-electron chi connectivity index (χ3n) is 2.99. The lowest BCUT2D eigenvalue weighted by atomic mass is 10.0. The Morgan fingerprint density at radius 2 is 2.18 bits per heavy atom. The van der Waals surface area contributed by atoms with E-state index in [0.717, 1.165) is 12.2 Å². The monoisotopic (exact) mass is 241 g/mol. The molecule has 0 fully saturated rings. The topological polar surface area (TPSA) is 66.2 Å². The highest BCUT2D eigenvalue weighted by atomic mass is 16.3. The molecule has 98 valence electrons. The van der Waals surface area contributed by atoms with E-state index in [1.807, 2.05) is 6.20 Å². The number of hydrogen-bond acceptors (Lipinski definition) is 5. The zero-order valence-electron chi connectivity index (χ0n) is 11.1. The molecule has 1 aromatic rings. The summed E-state index contributed by atoms with van der Waals surface area (Å²) in [6, 6.07) is 0. The number of rotatable bonds is 7. The average molecular weight is 241 g/mol. The SMILES string of the molecule is CN(C)C(C)(C)CNCc1cn(CCO)nn1. The minimum atomic E-state index is 0.0872. The number of likely N-dealkylation sites (N-methyl/N-ethyl adjacent to an activating group) is 1. The molecule has 0 unspecified atom stereocenters. The number of hydrogen-bond donors (Lipinski definition) is 2. The number of aliphatic hydroxyl groups excluding tert-OH is 1. The molecule has 0 radical (unpaired) electrons. The summed E-state index contributed by atoms with van der Waals surface area (Å²) >= 11 is 0. The van der Waals surface area contributed by atoms with Crippen molar-refractivity contribution < 1.29 is 5.11 Å². The molecular weight excluding hydrogens is 218 g/mol. The summed E-state index contributed by atoms with van der Waals surface area (Å²) in [6.45, 7) is 6.53. The highest BCUT2D eigenvalue weighted by Gasteiger charge is 2.19. The van der Waals surface area contributed by atoms with Gasteiger partial charge in [-0.05, 0) is 27.9 Å². The van der Waals surface area contributed by atoms with Gasteiger partial charge in [-0.15, -0.1) is 5.10 Å². The Morgan fingerprint density at radius 3 is 2.76 bits per heavy atom. The Bertz CT molecular complexity index is 334. The minimum Gasteiger partial charge on any atom is -0.394 e. The molecule has 1 rings (SSSR count). The molecule has 0 atom stereocenters. The van der Waals surface area contributed by atoms with Gasteiger partial charge < -0.3 is 15.3 Å². The fourth-order valence-electron chi connectivity index (χ4n) is 1.29. The van der Waals surface area contributed by atoms with Crippen LogP contribution in [-0.4, -0.2) is 57.8 Å². The fraction of sp³-hybridized carbons (Fsp3) is 0.818. The van der Waals surface area contributed by atoms with Crippen molar-refractivity contribution >= 4 is 0 Å². The normalized spacial score (nSPS) is 12.4. The van der Waals surface area contributed by atoms with E-state index >= 15 is 0 Å². The van der Waals surface area contributed by atoms with Crippen LogP contribution in [0.2, 0.25) is 0 Å². The van der Waals surface area contributed by atoms with Gasteiger partial charge in [0.1, 0.15) is 0 Å². The molecule has 6 heteroatoms. The molecule has 0 aliphatic heterocycles. The summed E-state index contributed by atoms with van der Waals surface area (Å²) in [5.74, 6) is 0. The Labute approximate surface area is 103 Å². The second-order valence-electron chi connectivity index (χ2n) is 5.01. The van der Waals surface area contributed by atoms with Crippen LogP contribution in [0, 0.1) is 0 Å². The zero-order valence-corrected chi connectivity index (χ0v) is 11.1. The summed E-state index contributed by atoms with van der Waals surface area (Å²) < 4.78 is 1.65. The lowest BCUT2D eigenvalue weighted by Gasteiger charge is -2.32. The molecule has 1 heterocycles. The van der Waals surface area contributed by atoms with Crippen molar-refractivity contribution in [2.75, 3.05) is 27.2 Å². The highest BCUT2D eigenvalue weighted by Crippen LogP contribution is 2.07. The van der Waals surface area contributed by atoms with Gasteiger partial charge in [0.05, 0.1) is 18.8 Å².